The van der Waals surface area contributed by atoms with Gasteiger partial charge in [-0.15, -0.1) is 0 Å². The van der Waals surface area contributed by atoms with Gasteiger partial charge in [-0.2, -0.15) is 5.10 Å². The van der Waals surface area contributed by atoms with E-state index in [4.69, 9.17) is 0 Å². The van der Waals surface area contributed by atoms with E-state index in [2.05, 4.69) is 5.10 Å². The van der Waals surface area contributed by atoms with Crippen molar-refractivity contribution >= 4 is 18.1 Å². The minimum atomic E-state index is -1.51. The van der Waals surface area contributed by atoms with Crippen LogP contribution in [0.15, 0.2) is 47.5 Å². The molecule has 0 atom stereocenters. The van der Waals surface area contributed by atoms with Crippen LogP contribution in [-0.4, -0.2) is 31.3 Å². The summed E-state index contributed by atoms with van der Waals surface area (Å²) in [5.41, 5.74) is 2.40. The SMILES string of the molecule is Cc1cc2c(=O)n(Cc3cccc(B(O)O)c3)ccn2n1. The first-order chi connectivity index (χ1) is 10.0. The van der Waals surface area contributed by atoms with Crippen LogP contribution in [0.5, 0.6) is 0 Å². The van der Waals surface area contributed by atoms with E-state index < -0.39 is 7.12 Å². The molecule has 0 fully saturated rings. The molecule has 0 radical (unpaired) electrons. The van der Waals surface area contributed by atoms with E-state index in [0.29, 0.717) is 17.5 Å². The Morgan fingerprint density at radius 2 is 2.05 bits per heavy atom. The smallest absolute Gasteiger partial charge is 0.423 e. The Morgan fingerprint density at radius 3 is 2.81 bits per heavy atom. The lowest BCUT2D eigenvalue weighted by Crippen LogP contribution is -2.30. The van der Waals surface area contributed by atoms with Crippen molar-refractivity contribution in [3.63, 3.8) is 0 Å². The van der Waals surface area contributed by atoms with E-state index in [1.807, 2.05) is 13.0 Å². The lowest BCUT2D eigenvalue weighted by atomic mass is 9.79. The number of hydrogen-bond acceptors (Lipinski definition) is 4. The van der Waals surface area contributed by atoms with Crippen LogP contribution in [0.1, 0.15) is 11.3 Å². The minimum absolute atomic E-state index is 0.131. The minimum Gasteiger partial charge on any atom is -0.423 e. The highest BCUT2D eigenvalue weighted by Gasteiger charge is 2.11. The molecular formula is C14H14BN3O3. The summed E-state index contributed by atoms with van der Waals surface area (Å²) in [6.45, 7) is 2.20. The lowest BCUT2D eigenvalue weighted by Gasteiger charge is -2.08. The van der Waals surface area contributed by atoms with E-state index >= 15 is 0 Å². The van der Waals surface area contributed by atoms with Crippen LogP contribution in [0.25, 0.3) is 5.52 Å². The number of benzene rings is 1. The zero-order valence-electron chi connectivity index (χ0n) is 11.5. The molecule has 0 aliphatic carbocycles. The number of aryl methyl sites for hydroxylation is 1. The van der Waals surface area contributed by atoms with Crippen molar-refractivity contribution in [1.29, 1.82) is 0 Å². The van der Waals surface area contributed by atoms with Crippen LogP contribution in [-0.2, 0) is 6.54 Å². The second-order valence-electron chi connectivity index (χ2n) is 4.97. The van der Waals surface area contributed by atoms with Gasteiger partial charge in [-0.05, 0) is 24.0 Å². The summed E-state index contributed by atoms with van der Waals surface area (Å²) in [5.74, 6) is 0. The Labute approximate surface area is 121 Å². The summed E-state index contributed by atoms with van der Waals surface area (Å²) in [5, 5.41) is 22.6. The monoisotopic (exact) mass is 283 g/mol. The van der Waals surface area contributed by atoms with E-state index in [-0.39, 0.29) is 5.56 Å². The van der Waals surface area contributed by atoms with Crippen molar-refractivity contribution in [2.75, 3.05) is 0 Å². The average Bonchev–Trinajstić information content (AvgIpc) is 2.84. The maximum absolute atomic E-state index is 12.4. The molecule has 0 aliphatic heterocycles. The summed E-state index contributed by atoms with van der Waals surface area (Å²) >= 11 is 0. The average molecular weight is 283 g/mol. The molecule has 106 valence electrons. The maximum atomic E-state index is 12.4. The van der Waals surface area contributed by atoms with Crippen molar-refractivity contribution in [3.8, 4) is 0 Å². The Bertz CT molecular complexity index is 854. The molecule has 2 aromatic heterocycles. The van der Waals surface area contributed by atoms with Gasteiger partial charge in [-0.3, -0.25) is 4.79 Å². The first-order valence-electron chi connectivity index (χ1n) is 6.55. The second-order valence-corrected chi connectivity index (χ2v) is 4.97. The maximum Gasteiger partial charge on any atom is 0.488 e. The third-order valence-electron chi connectivity index (χ3n) is 3.33. The highest BCUT2D eigenvalue weighted by Crippen LogP contribution is 2.03. The predicted molar refractivity (Wildman–Crippen MR) is 79.6 cm³/mol. The van der Waals surface area contributed by atoms with Gasteiger partial charge in [0, 0.05) is 12.4 Å². The van der Waals surface area contributed by atoms with E-state index in [1.165, 1.54) is 0 Å². The van der Waals surface area contributed by atoms with Crippen molar-refractivity contribution in [2.24, 2.45) is 0 Å². The van der Waals surface area contributed by atoms with Gasteiger partial charge in [0.2, 0.25) is 0 Å². The number of nitrogens with zero attached hydrogens (tertiary/aromatic N) is 3. The summed E-state index contributed by atoms with van der Waals surface area (Å²) in [6.07, 6.45) is 3.40. The van der Waals surface area contributed by atoms with Crippen molar-refractivity contribution in [3.05, 3.63) is 64.3 Å². The molecule has 3 rings (SSSR count). The zero-order chi connectivity index (χ0) is 15.0. The topological polar surface area (TPSA) is 79.8 Å². The Morgan fingerprint density at radius 1 is 1.24 bits per heavy atom. The molecule has 2 heterocycles. The third kappa shape index (κ3) is 2.61. The number of aromatic nitrogens is 3. The normalized spacial score (nSPS) is 11.0. The van der Waals surface area contributed by atoms with Crippen molar-refractivity contribution < 1.29 is 10.0 Å². The molecule has 3 aromatic rings. The van der Waals surface area contributed by atoms with Crippen molar-refractivity contribution in [1.82, 2.24) is 14.2 Å². The first kappa shape index (κ1) is 13.6. The molecule has 21 heavy (non-hydrogen) atoms. The Kier molecular flexibility index (Phi) is 3.36. The van der Waals surface area contributed by atoms with Gasteiger partial charge in [-0.25, -0.2) is 4.52 Å². The molecule has 0 amide bonds. The second kappa shape index (κ2) is 5.19. The molecule has 2 N–H and O–H groups in total. The van der Waals surface area contributed by atoms with Crippen LogP contribution in [0.2, 0.25) is 0 Å². The van der Waals surface area contributed by atoms with Gasteiger partial charge in [0.25, 0.3) is 5.56 Å². The molecule has 6 nitrogen and oxygen atoms in total. The number of fused-ring (bicyclic) bond motifs is 1. The quantitative estimate of drug-likeness (QED) is 0.637. The molecule has 0 bridgehead atoms. The first-order valence-corrected chi connectivity index (χ1v) is 6.55. The van der Waals surface area contributed by atoms with E-state index in [9.17, 15) is 14.8 Å². The molecular weight excluding hydrogens is 269 g/mol. The Balaban J connectivity index is 2.00. The fraction of sp³-hybridized carbons (Fsp3) is 0.143. The van der Waals surface area contributed by atoms with E-state index in [1.54, 1.807) is 45.7 Å². The third-order valence-corrected chi connectivity index (χ3v) is 3.33. The van der Waals surface area contributed by atoms with Crippen molar-refractivity contribution in [2.45, 2.75) is 13.5 Å². The fourth-order valence-electron chi connectivity index (χ4n) is 2.32. The summed E-state index contributed by atoms with van der Waals surface area (Å²) in [4.78, 5) is 12.4. The summed E-state index contributed by atoms with van der Waals surface area (Å²) in [6, 6.07) is 8.61. The number of rotatable bonds is 3. The van der Waals surface area contributed by atoms with Crippen LogP contribution in [0.3, 0.4) is 0 Å². The zero-order valence-corrected chi connectivity index (χ0v) is 11.5. The highest BCUT2D eigenvalue weighted by molar-refractivity contribution is 6.58. The number of hydrogen-bond donors (Lipinski definition) is 2. The van der Waals surface area contributed by atoms with Gasteiger partial charge in [0.15, 0.2) is 0 Å². The summed E-state index contributed by atoms with van der Waals surface area (Å²) < 4.78 is 3.13. The van der Waals surface area contributed by atoms with Gasteiger partial charge < -0.3 is 14.6 Å². The highest BCUT2D eigenvalue weighted by atomic mass is 16.4. The lowest BCUT2D eigenvalue weighted by molar-refractivity contribution is 0.425. The molecule has 0 saturated heterocycles. The molecule has 1 aromatic carbocycles. The largest absolute Gasteiger partial charge is 0.488 e. The predicted octanol–water partition coefficient (Wildman–Crippen LogP) is -0.467. The fourth-order valence-corrected chi connectivity index (χ4v) is 2.32. The van der Waals surface area contributed by atoms with Gasteiger partial charge in [-0.1, -0.05) is 24.3 Å². The molecule has 0 unspecified atom stereocenters. The van der Waals surface area contributed by atoms with Crippen LogP contribution in [0.4, 0.5) is 0 Å². The van der Waals surface area contributed by atoms with Gasteiger partial charge in [0.1, 0.15) is 5.52 Å². The van der Waals surface area contributed by atoms with Crippen LogP contribution < -0.4 is 11.0 Å². The molecule has 0 spiro atoms. The molecule has 0 aliphatic rings. The standard InChI is InChI=1S/C14H14BN3O3/c1-10-7-13-14(19)17(5-6-18(13)16-10)9-11-3-2-4-12(8-11)15(20)21/h2-8,20-21H,9H2,1H3. The van der Waals surface area contributed by atoms with Gasteiger partial charge in [0.05, 0.1) is 12.2 Å². The van der Waals surface area contributed by atoms with Crippen LogP contribution in [0, 0.1) is 6.92 Å². The Hall–Kier alpha value is -2.38. The molecule has 7 heteroatoms. The molecule has 0 saturated carbocycles. The van der Waals surface area contributed by atoms with Gasteiger partial charge >= 0.3 is 7.12 Å². The summed E-state index contributed by atoms with van der Waals surface area (Å²) in [7, 11) is -1.51. The van der Waals surface area contributed by atoms with E-state index in [0.717, 1.165) is 11.3 Å². The van der Waals surface area contributed by atoms with Crippen LogP contribution >= 0.6 is 0 Å².